The second-order valence-electron chi connectivity index (χ2n) is 4.18. The monoisotopic (exact) mass is 269 g/mol. The number of benzene rings is 1. The second-order valence-corrected chi connectivity index (χ2v) is 5.10. The van der Waals surface area contributed by atoms with Crippen LogP contribution in [-0.2, 0) is 17.6 Å². The van der Waals surface area contributed by atoms with Gasteiger partial charge in [-0.2, -0.15) is 0 Å². The highest BCUT2D eigenvalue weighted by Crippen LogP contribution is 2.32. The number of ether oxygens (including phenoxy) is 1. The molecule has 0 amide bonds. The zero-order chi connectivity index (χ0) is 10.9. The first-order valence-corrected chi connectivity index (χ1v) is 6.01. The van der Waals surface area contributed by atoms with Crippen molar-refractivity contribution in [3.63, 3.8) is 0 Å². The largest absolute Gasteiger partial charge is 0.377 e. The summed E-state index contributed by atoms with van der Waals surface area (Å²) >= 11 is 3.50. The summed E-state index contributed by atoms with van der Waals surface area (Å²) < 4.78 is 6.71. The van der Waals surface area contributed by atoms with Crippen LogP contribution in [0.2, 0.25) is 0 Å². The first kappa shape index (κ1) is 11.1. The van der Waals surface area contributed by atoms with Gasteiger partial charge in [0.1, 0.15) is 0 Å². The summed E-state index contributed by atoms with van der Waals surface area (Å²) in [6.45, 7) is 0.593. The zero-order valence-electron chi connectivity index (χ0n) is 8.92. The number of halogens is 1. The maximum atomic E-state index is 5.81. The molecule has 1 atom stereocenters. The van der Waals surface area contributed by atoms with Gasteiger partial charge in [-0.05, 0) is 36.1 Å². The minimum atomic E-state index is -0.145. The van der Waals surface area contributed by atoms with E-state index in [4.69, 9.17) is 10.5 Å². The Morgan fingerprint density at radius 3 is 2.93 bits per heavy atom. The van der Waals surface area contributed by atoms with Crippen LogP contribution in [0.25, 0.3) is 0 Å². The number of hydrogen-bond donors (Lipinski definition) is 1. The lowest BCUT2D eigenvalue weighted by Gasteiger charge is -2.36. The number of methoxy groups -OCH3 is 1. The number of nitrogens with two attached hydrogens (primary N) is 1. The van der Waals surface area contributed by atoms with E-state index in [1.807, 2.05) is 0 Å². The van der Waals surface area contributed by atoms with Gasteiger partial charge in [0.25, 0.3) is 0 Å². The highest BCUT2D eigenvalue weighted by Gasteiger charge is 2.32. The van der Waals surface area contributed by atoms with Gasteiger partial charge in [0.2, 0.25) is 0 Å². The lowest BCUT2D eigenvalue weighted by molar-refractivity contribution is -0.0134. The van der Waals surface area contributed by atoms with Crippen LogP contribution in [0.3, 0.4) is 0 Å². The Labute approximate surface area is 98.9 Å². The maximum Gasteiger partial charge on any atom is 0.0843 e. The van der Waals surface area contributed by atoms with E-state index in [0.29, 0.717) is 6.54 Å². The van der Waals surface area contributed by atoms with Crippen molar-refractivity contribution in [1.29, 1.82) is 0 Å². The molecule has 1 aliphatic carbocycles. The Hall–Kier alpha value is -0.380. The van der Waals surface area contributed by atoms with Crippen LogP contribution in [0.5, 0.6) is 0 Å². The normalized spacial score (nSPS) is 25.0. The van der Waals surface area contributed by atoms with Crippen molar-refractivity contribution in [3.8, 4) is 0 Å². The average Bonchev–Trinajstić information content (AvgIpc) is 2.28. The minimum Gasteiger partial charge on any atom is -0.377 e. The summed E-state index contributed by atoms with van der Waals surface area (Å²) in [7, 11) is 1.76. The standard InChI is InChI=1S/C12H16BrNO/c1-15-12(8-14)5-4-9-2-3-11(13)6-10(9)7-12/h2-3,6H,4-5,7-8,14H2,1H3. The molecule has 0 spiro atoms. The molecule has 1 aromatic carbocycles. The van der Waals surface area contributed by atoms with E-state index in [1.54, 1.807) is 7.11 Å². The topological polar surface area (TPSA) is 35.2 Å². The van der Waals surface area contributed by atoms with Crippen molar-refractivity contribution >= 4 is 15.9 Å². The molecule has 0 saturated carbocycles. The fourth-order valence-electron chi connectivity index (χ4n) is 2.23. The van der Waals surface area contributed by atoms with Gasteiger partial charge < -0.3 is 10.5 Å². The third-order valence-corrected chi connectivity index (χ3v) is 3.83. The van der Waals surface area contributed by atoms with E-state index in [0.717, 1.165) is 23.7 Å². The number of hydrogen-bond acceptors (Lipinski definition) is 2. The van der Waals surface area contributed by atoms with Crippen LogP contribution in [0.4, 0.5) is 0 Å². The predicted octanol–water partition coefficient (Wildman–Crippen LogP) is 2.28. The highest BCUT2D eigenvalue weighted by molar-refractivity contribution is 9.10. The van der Waals surface area contributed by atoms with E-state index in [-0.39, 0.29) is 5.60 Å². The van der Waals surface area contributed by atoms with Gasteiger partial charge >= 0.3 is 0 Å². The van der Waals surface area contributed by atoms with Crippen molar-refractivity contribution in [2.75, 3.05) is 13.7 Å². The molecule has 2 N–H and O–H groups in total. The molecule has 0 aromatic heterocycles. The Kier molecular flexibility index (Phi) is 3.14. The molecule has 1 aliphatic rings. The molecular formula is C12H16BrNO. The van der Waals surface area contributed by atoms with Crippen molar-refractivity contribution in [3.05, 3.63) is 33.8 Å². The predicted molar refractivity (Wildman–Crippen MR) is 65.0 cm³/mol. The molecular weight excluding hydrogens is 254 g/mol. The Morgan fingerprint density at radius 2 is 2.27 bits per heavy atom. The van der Waals surface area contributed by atoms with E-state index in [9.17, 15) is 0 Å². The van der Waals surface area contributed by atoms with Crippen LogP contribution in [0, 0.1) is 0 Å². The van der Waals surface area contributed by atoms with Gasteiger partial charge in [-0.3, -0.25) is 0 Å². The summed E-state index contributed by atoms with van der Waals surface area (Å²) in [6.07, 6.45) is 3.01. The summed E-state index contributed by atoms with van der Waals surface area (Å²) in [5.41, 5.74) is 8.46. The fourth-order valence-corrected chi connectivity index (χ4v) is 2.64. The molecule has 0 radical (unpaired) electrons. The molecule has 2 nitrogen and oxygen atoms in total. The van der Waals surface area contributed by atoms with E-state index < -0.39 is 0 Å². The van der Waals surface area contributed by atoms with E-state index >= 15 is 0 Å². The van der Waals surface area contributed by atoms with Crippen molar-refractivity contribution in [2.45, 2.75) is 24.9 Å². The Morgan fingerprint density at radius 1 is 1.47 bits per heavy atom. The van der Waals surface area contributed by atoms with Crippen LogP contribution in [0.1, 0.15) is 17.5 Å². The molecule has 3 heteroatoms. The van der Waals surface area contributed by atoms with Crippen LogP contribution in [0.15, 0.2) is 22.7 Å². The first-order valence-electron chi connectivity index (χ1n) is 5.22. The van der Waals surface area contributed by atoms with Gasteiger partial charge in [0.15, 0.2) is 0 Å². The van der Waals surface area contributed by atoms with E-state index in [1.165, 1.54) is 11.1 Å². The zero-order valence-corrected chi connectivity index (χ0v) is 10.5. The van der Waals surface area contributed by atoms with E-state index in [2.05, 4.69) is 34.1 Å². The molecule has 82 valence electrons. The third kappa shape index (κ3) is 2.10. The summed E-state index contributed by atoms with van der Waals surface area (Å²) in [4.78, 5) is 0. The fraction of sp³-hybridized carbons (Fsp3) is 0.500. The third-order valence-electron chi connectivity index (χ3n) is 3.34. The van der Waals surface area contributed by atoms with Crippen LogP contribution < -0.4 is 5.73 Å². The second kappa shape index (κ2) is 4.24. The SMILES string of the molecule is COC1(CN)CCc2ccc(Br)cc2C1. The summed E-state index contributed by atoms with van der Waals surface area (Å²) in [5, 5.41) is 0. The lowest BCUT2D eigenvalue weighted by Crippen LogP contribution is -2.44. The Balaban J connectivity index is 2.32. The van der Waals surface area contributed by atoms with Crippen molar-refractivity contribution in [1.82, 2.24) is 0 Å². The molecule has 0 heterocycles. The number of rotatable bonds is 2. The van der Waals surface area contributed by atoms with Gasteiger partial charge in [0, 0.05) is 24.5 Å². The van der Waals surface area contributed by atoms with Crippen molar-refractivity contribution < 1.29 is 4.74 Å². The van der Waals surface area contributed by atoms with Crippen LogP contribution >= 0.6 is 15.9 Å². The molecule has 1 aromatic rings. The quantitative estimate of drug-likeness (QED) is 0.894. The summed E-state index contributed by atoms with van der Waals surface area (Å²) in [5.74, 6) is 0. The number of fused-ring (bicyclic) bond motifs is 1. The molecule has 15 heavy (non-hydrogen) atoms. The summed E-state index contributed by atoms with van der Waals surface area (Å²) in [6, 6.07) is 6.47. The van der Waals surface area contributed by atoms with Crippen molar-refractivity contribution in [2.24, 2.45) is 5.73 Å². The molecule has 2 rings (SSSR count). The number of aryl methyl sites for hydroxylation is 1. The van der Waals surface area contributed by atoms with Gasteiger partial charge in [-0.15, -0.1) is 0 Å². The van der Waals surface area contributed by atoms with Gasteiger partial charge in [-0.1, -0.05) is 22.0 Å². The molecule has 0 aliphatic heterocycles. The van der Waals surface area contributed by atoms with Gasteiger partial charge in [0.05, 0.1) is 5.60 Å². The smallest absolute Gasteiger partial charge is 0.0843 e. The minimum absolute atomic E-state index is 0.145. The van der Waals surface area contributed by atoms with Gasteiger partial charge in [-0.25, -0.2) is 0 Å². The molecule has 0 fully saturated rings. The molecule has 1 unspecified atom stereocenters. The Bertz CT molecular complexity index is 361. The molecule has 0 bridgehead atoms. The first-order chi connectivity index (χ1) is 7.19. The van der Waals surface area contributed by atoms with Crippen LogP contribution in [-0.4, -0.2) is 19.3 Å². The highest BCUT2D eigenvalue weighted by atomic mass is 79.9. The lowest BCUT2D eigenvalue weighted by atomic mass is 9.80. The maximum absolute atomic E-state index is 5.81. The molecule has 0 saturated heterocycles. The average molecular weight is 270 g/mol.